The number of benzene rings is 2. The van der Waals surface area contributed by atoms with E-state index in [1.165, 1.54) is 4.57 Å². The molecule has 46 heavy (non-hydrogen) atoms. The van der Waals surface area contributed by atoms with E-state index in [2.05, 4.69) is 38.8 Å². The molecule has 2 aromatic heterocycles. The summed E-state index contributed by atoms with van der Waals surface area (Å²) >= 11 is 12.8. The van der Waals surface area contributed by atoms with E-state index in [1.54, 1.807) is 47.0 Å². The predicted molar refractivity (Wildman–Crippen MR) is 185 cm³/mol. The number of likely N-dealkylation sites (tertiary alicyclic amines) is 1. The average molecular weight is 687 g/mol. The second-order valence-electron chi connectivity index (χ2n) is 13.5. The predicted octanol–water partition coefficient (Wildman–Crippen LogP) is 6.14. The zero-order valence-electron chi connectivity index (χ0n) is 26.9. The molecule has 5 rings (SSSR count). The lowest BCUT2D eigenvalue weighted by atomic mass is 9.96. The standard InChI is InChI=1S/C33H41Cl2N5O5Si/c1-33(2,3)46(4,5)45-19-18-37-16-14-22(15-17-37)20-38-30-28(31(43)39(32(38)44)21-27(41)42)40(24-12-10-23(34)11-13-24)29(36-30)25-8-6-7-9-26(25)35/h6-13,22H,14-21H2,1-5H3,(H,41,42). The Hall–Kier alpha value is -3.22. The number of fused-ring (bicyclic) bond motifs is 1. The van der Waals surface area contributed by atoms with Gasteiger partial charge in [0.05, 0.1) is 5.02 Å². The summed E-state index contributed by atoms with van der Waals surface area (Å²) in [5.41, 5.74) is -0.0246. The molecule has 1 N–H and O–H groups in total. The SMILES string of the molecule is CC(C)(C)[Si](C)(C)OCCN1CCC(Cn2c(=O)n(CC(=O)O)c(=O)c3c2nc(-c2ccccc2Cl)n3-c2ccc(Cl)cc2)CC1. The number of aliphatic carboxylic acids is 1. The van der Waals surface area contributed by atoms with Gasteiger partial charge in [0, 0.05) is 36.0 Å². The van der Waals surface area contributed by atoms with Crippen LogP contribution in [0.3, 0.4) is 0 Å². The van der Waals surface area contributed by atoms with Crippen molar-refractivity contribution in [3.8, 4) is 17.1 Å². The van der Waals surface area contributed by atoms with Crippen LogP contribution in [0, 0.1) is 5.92 Å². The zero-order valence-corrected chi connectivity index (χ0v) is 29.4. The van der Waals surface area contributed by atoms with E-state index in [4.69, 9.17) is 32.6 Å². The van der Waals surface area contributed by atoms with Crippen LogP contribution in [0.4, 0.5) is 0 Å². The fourth-order valence-electron chi connectivity index (χ4n) is 5.64. The highest BCUT2D eigenvalue weighted by Crippen LogP contribution is 2.36. The number of nitrogens with zero attached hydrogens (tertiary/aromatic N) is 5. The van der Waals surface area contributed by atoms with Gasteiger partial charge in [-0.1, -0.05) is 56.1 Å². The second-order valence-corrected chi connectivity index (χ2v) is 19.1. The molecule has 246 valence electrons. The van der Waals surface area contributed by atoms with Crippen LogP contribution in [0.1, 0.15) is 33.6 Å². The lowest BCUT2D eigenvalue weighted by molar-refractivity contribution is -0.137. The number of aromatic nitrogens is 4. The van der Waals surface area contributed by atoms with Crippen LogP contribution in [0.2, 0.25) is 28.2 Å². The van der Waals surface area contributed by atoms with E-state index in [0.29, 0.717) is 40.3 Å². The highest BCUT2D eigenvalue weighted by molar-refractivity contribution is 6.74. The number of piperidine rings is 1. The second kappa shape index (κ2) is 13.5. The lowest BCUT2D eigenvalue weighted by Crippen LogP contribution is -2.45. The molecule has 4 aromatic rings. The minimum atomic E-state index is -1.82. The molecule has 0 bridgehead atoms. The van der Waals surface area contributed by atoms with Crippen LogP contribution < -0.4 is 11.2 Å². The van der Waals surface area contributed by atoms with E-state index in [1.807, 2.05) is 6.07 Å². The first-order valence-corrected chi connectivity index (χ1v) is 19.2. The van der Waals surface area contributed by atoms with Crippen molar-refractivity contribution in [3.63, 3.8) is 0 Å². The van der Waals surface area contributed by atoms with Gasteiger partial charge in [0.15, 0.2) is 19.5 Å². The van der Waals surface area contributed by atoms with Crippen molar-refractivity contribution in [3.05, 3.63) is 79.4 Å². The third kappa shape index (κ3) is 7.03. The molecule has 13 heteroatoms. The molecule has 1 aliphatic heterocycles. The first kappa shape index (κ1) is 34.1. The van der Waals surface area contributed by atoms with Crippen molar-refractivity contribution in [2.24, 2.45) is 5.92 Å². The number of carbonyl (C=O) groups is 1. The number of carboxylic acid groups (broad SMARTS) is 1. The fraction of sp³-hybridized carbons (Fsp3) is 0.455. The number of hydrogen-bond donors (Lipinski definition) is 1. The lowest BCUT2D eigenvalue weighted by Gasteiger charge is -2.37. The van der Waals surface area contributed by atoms with Gasteiger partial charge in [0.25, 0.3) is 5.56 Å². The largest absolute Gasteiger partial charge is 0.480 e. The van der Waals surface area contributed by atoms with Gasteiger partial charge in [-0.15, -0.1) is 0 Å². The minimum Gasteiger partial charge on any atom is -0.480 e. The zero-order chi connectivity index (χ0) is 33.4. The van der Waals surface area contributed by atoms with Crippen LogP contribution in [-0.4, -0.2) is 69.2 Å². The van der Waals surface area contributed by atoms with Gasteiger partial charge in [-0.25, -0.2) is 14.3 Å². The quantitative estimate of drug-likeness (QED) is 0.200. The summed E-state index contributed by atoms with van der Waals surface area (Å²) in [6.45, 7) is 14.0. The van der Waals surface area contributed by atoms with Gasteiger partial charge < -0.3 is 14.4 Å². The topological polar surface area (TPSA) is 112 Å². The Morgan fingerprint density at radius 3 is 2.28 bits per heavy atom. The summed E-state index contributed by atoms with van der Waals surface area (Å²) < 4.78 is 10.3. The molecule has 2 aromatic carbocycles. The van der Waals surface area contributed by atoms with Crippen molar-refractivity contribution in [1.29, 1.82) is 0 Å². The van der Waals surface area contributed by atoms with Crippen LogP contribution in [0.25, 0.3) is 28.2 Å². The van der Waals surface area contributed by atoms with Gasteiger partial charge >= 0.3 is 11.7 Å². The molecule has 0 saturated carbocycles. The summed E-state index contributed by atoms with van der Waals surface area (Å²) in [6.07, 6.45) is 1.67. The molecule has 0 spiro atoms. The van der Waals surface area contributed by atoms with Crippen LogP contribution in [-0.2, 0) is 22.3 Å². The third-order valence-electron chi connectivity index (χ3n) is 9.34. The number of hydrogen-bond acceptors (Lipinski definition) is 6. The molecule has 1 fully saturated rings. The van der Waals surface area contributed by atoms with E-state index >= 15 is 0 Å². The summed E-state index contributed by atoms with van der Waals surface area (Å²) in [5, 5.41) is 10.7. The van der Waals surface area contributed by atoms with Crippen LogP contribution >= 0.6 is 23.2 Å². The number of imidazole rings is 1. The number of carboxylic acids is 1. The Labute approximate surface area is 279 Å². The molecule has 1 aliphatic rings. The number of halogens is 2. The van der Waals surface area contributed by atoms with E-state index in [-0.39, 0.29) is 22.1 Å². The molecule has 0 unspecified atom stereocenters. The van der Waals surface area contributed by atoms with Crippen molar-refractivity contribution in [2.75, 3.05) is 26.2 Å². The smallest absolute Gasteiger partial charge is 0.333 e. The molecule has 0 amide bonds. The number of rotatable bonds is 10. The van der Waals surface area contributed by atoms with Crippen molar-refractivity contribution >= 4 is 48.7 Å². The Balaban J connectivity index is 1.52. The van der Waals surface area contributed by atoms with Gasteiger partial charge in [-0.05, 0) is 86.4 Å². The molecular formula is C33H41Cl2N5O5Si. The van der Waals surface area contributed by atoms with Crippen molar-refractivity contribution in [2.45, 2.75) is 64.8 Å². The summed E-state index contributed by atoms with van der Waals surface area (Å²) in [5.74, 6) is -0.807. The summed E-state index contributed by atoms with van der Waals surface area (Å²) in [6, 6.07) is 14.0. The van der Waals surface area contributed by atoms with E-state index in [0.717, 1.165) is 37.0 Å². The third-order valence-corrected chi connectivity index (χ3v) is 14.5. The first-order valence-electron chi connectivity index (χ1n) is 15.5. The van der Waals surface area contributed by atoms with Crippen LogP contribution in [0.5, 0.6) is 0 Å². The van der Waals surface area contributed by atoms with Gasteiger partial charge in [-0.2, -0.15) is 0 Å². The maximum atomic E-state index is 13.9. The summed E-state index contributed by atoms with van der Waals surface area (Å²) in [4.78, 5) is 46.9. The van der Waals surface area contributed by atoms with Crippen molar-refractivity contribution < 1.29 is 14.3 Å². The Bertz CT molecular complexity index is 1850. The minimum absolute atomic E-state index is 0.0957. The Kier molecular flexibility index (Phi) is 10.0. The Morgan fingerprint density at radius 1 is 1.02 bits per heavy atom. The highest BCUT2D eigenvalue weighted by atomic mass is 35.5. The molecule has 10 nitrogen and oxygen atoms in total. The Morgan fingerprint density at radius 2 is 1.67 bits per heavy atom. The van der Waals surface area contributed by atoms with Crippen molar-refractivity contribution in [1.82, 2.24) is 23.6 Å². The molecule has 1 saturated heterocycles. The molecule has 0 radical (unpaired) electrons. The van der Waals surface area contributed by atoms with Crippen LogP contribution in [0.15, 0.2) is 58.1 Å². The normalized spacial score (nSPS) is 15.1. The monoisotopic (exact) mass is 685 g/mol. The first-order chi connectivity index (χ1) is 21.7. The fourth-order valence-corrected chi connectivity index (χ4v) is 7.02. The summed E-state index contributed by atoms with van der Waals surface area (Å²) in [7, 11) is -1.82. The van der Waals surface area contributed by atoms with Gasteiger partial charge in [0.2, 0.25) is 0 Å². The van der Waals surface area contributed by atoms with Gasteiger partial charge in [0.1, 0.15) is 12.4 Å². The maximum absolute atomic E-state index is 13.9. The molecule has 0 atom stereocenters. The average Bonchev–Trinajstić information content (AvgIpc) is 3.38. The molecular weight excluding hydrogens is 645 g/mol. The highest BCUT2D eigenvalue weighted by Gasteiger charge is 2.37. The van der Waals surface area contributed by atoms with Gasteiger partial charge in [-0.3, -0.25) is 18.7 Å². The van der Waals surface area contributed by atoms with E-state index in [9.17, 15) is 19.5 Å². The molecule has 3 heterocycles. The maximum Gasteiger partial charge on any atom is 0.333 e. The molecule has 0 aliphatic carbocycles. The van der Waals surface area contributed by atoms with E-state index < -0.39 is 32.1 Å².